The zero-order chi connectivity index (χ0) is 26.4. The minimum Gasteiger partial charge on any atom is -0.506 e. The summed E-state index contributed by atoms with van der Waals surface area (Å²) in [6.45, 7) is 12.0. The minimum atomic E-state index is -2.12. The first-order valence-electron chi connectivity index (χ1n) is 12.8. The molecular weight excluding hydrogens is 452 g/mol. The van der Waals surface area contributed by atoms with Gasteiger partial charge < -0.3 is 35.4 Å². The summed E-state index contributed by atoms with van der Waals surface area (Å²) in [6, 6.07) is 0. The zero-order valence-corrected chi connectivity index (χ0v) is 21.6. The molecule has 3 fully saturated rings. The Hall–Kier alpha value is -1.61. The third-order valence-electron chi connectivity index (χ3n) is 9.82. The predicted octanol–water partition coefficient (Wildman–Crippen LogP) is 3.64. The molecule has 0 radical (unpaired) electrons. The summed E-state index contributed by atoms with van der Waals surface area (Å²) in [4.78, 5) is 13.5. The van der Waals surface area contributed by atoms with Crippen LogP contribution < -0.4 is 0 Å². The van der Waals surface area contributed by atoms with Crippen molar-refractivity contribution in [3.8, 4) is 0 Å². The monoisotopic (exact) mass is 496 g/mol. The van der Waals surface area contributed by atoms with Crippen LogP contribution >= 0.6 is 0 Å². The maximum atomic E-state index is 13.5. The van der Waals surface area contributed by atoms with Crippen LogP contribution in [0.15, 0.2) is 23.7 Å². The number of carbonyl (C=O) groups is 1. The average Bonchev–Trinajstić information content (AvgIpc) is 2.86. The van der Waals surface area contributed by atoms with E-state index in [-0.39, 0.29) is 29.1 Å². The van der Waals surface area contributed by atoms with Crippen molar-refractivity contribution in [3.05, 3.63) is 23.7 Å². The Morgan fingerprint density at radius 2 is 1.66 bits per heavy atom. The van der Waals surface area contributed by atoms with Gasteiger partial charge in [0.15, 0.2) is 5.76 Å². The lowest BCUT2D eigenvalue weighted by Gasteiger charge is -2.62. The fourth-order valence-corrected chi connectivity index (χ4v) is 7.68. The summed E-state index contributed by atoms with van der Waals surface area (Å²) in [7, 11) is 0. The number of fused-ring (bicyclic) bond motifs is 3. The normalized spacial score (nSPS) is 42.1. The van der Waals surface area contributed by atoms with Crippen molar-refractivity contribution in [2.45, 2.75) is 103 Å². The van der Waals surface area contributed by atoms with Crippen LogP contribution in [0.3, 0.4) is 0 Å². The fraction of sp³-hybridized carbons (Fsp3) is 0.815. The molecule has 0 heterocycles. The lowest BCUT2D eigenvalue weighted by molar-refractivity contribution is -0.200. The molecule has 0 aromatic carbocycles. The SMILES string of the molecule is C=C1C[C@@]2(C)CCC3[C@](C)(C(=O)OC(O)/C(O)=C(/O)C(O)CCO)CCC[C@@]3(C)[C@@H]2CC[C@@]1(C)O. The maximum absolute atomic E-state index is 13.5. The van der Waals surface area contributed by atoms with Crippen LogP contribution in [0, 0.1) is 28.1 Å². The van der Waals surface area contributed by atoms with Crippen LogP contribution in [0.4, 0.5) is 0 Å². The summed E-state index contributed by atoms with van der Waals surface area (Å²) >= 11 is 0. The van der Waals surface area contributed by atoms with E-state index in [0.29, 0.717) is 12.8 Å². The van der Waals surface area contributed by atoms with Crippen LogP contribution in [0.5, 0.6) is 0 Å². The number of hydrogen-bond donors (Lipinski definition) is 6. The van der Waals surface area contributed by atoms with Gasteiger partial charge in [0, 0.05) is 13.0 Å². The van der Waals surface area contributed by atoms with Crippen molar-refractivity contribution in [1.82, 2.24) is 0 Å². The highest BCUT2D eigenvalue weighted by atomic mass is 16.6. The van der Waals surface area contributed by atoms with Gasteiger partial charge in [-0.2, -0.15) is 0 Å². The van der Waals surface area contributed by atoms with Crippen molar-refractivity contribution >= 4 is 5.97 Å². The summed E-state index contributed by atoms with van der Waals surface area (Å²) in [5, 5.41) is 60.0. The molecule has 0 saturated heterocycles. The molecule has 6 N–H and O–H groups in total. The van der Waals surface area contributed by atoms with E-state index in [9.17, 15) is 30.3 Å². The number of aliphatic hydroxyl groups excluding tert-OH is 5. The van der Waals surface area contributed by atoms with Gasteiger partial charge in [0.2, 0.25) is 5.76 Å². The van der Waals surface area contributed by atoms with Crippen molar-refractivity contribution in [1.29, 1.82) is 0 Å². The number of carbonyl (C=O) groups excluding carboxylic acids is 1. The molecule has 8 atom stereocenters. The van der Waals surface area contributed by atoms with Gasteiger partial charge in [-0.3, -0.25) is 4.79 Å². The summed E-state index contributed by atoms with van der Waals surface area (Å²) < 4.78 is 5.26. The molecule has 200 valence electrons. The van der Waals surface area contributed by atoms with Gasteiger partial charge in [-0.1, -0.05) is 26.8 Å². The van der Waals surface area contributed by atoms with Gasteiger partial charge in [-0.05, 0) is 87.0 Å². The molecule has 3 saturated carbocycles. The summed E-state index contributed by atoms with van der Waals surface area (Å²) in [5.41, 5.74) is -1.14. The van der Waals surface area contributed by atoms with E-state index in [1.165, 1.54) is 0 Å². The molecule has 0 aliphatic heterocycles. The number of ether oxygens (including phenoxy) is 1. The number of rotatable bonds is 6. The molecular formula is C27H44O8. The first-order chi connectivity index (χ1) is 16.1. The van der Waals surface area contributed by atoms with Crippen molar-refractivity contribution in [3.63, 3.8) is 0 Å². The highest BCUT2D eigenvalue weighted by Crippen LogP contribution is 2.67. The number of hydrogen-bond acceptors (Lipinski definition) is 8. The standard InChI is InChI=1S/C27H44O8/c1-16-15-24(2)12-7-19-25(3,18(24)8-13-27(16,5)34)10-6-11-26(19,4)23(33)35-22(32)21(31)20(30)17(29)9-14-28/h17-19,22,28-32,34H,1,6-15H2,2-5H3/b21-20-/t17?,18-,19?,22?,24-,25+,26-,27-/m1/s1. The summed E-state index contributed by atoms with van der Waals surface area (Å²) in [5.74, 6) is -2.36. The number of aliphatic hydroxyl groups is 6. The van der Waals surface area contributed by atoms with E-state index in [1.54, 1.807) is 0 Å². The van der Waals surface area contributed by atoms with Crippen molar-refractivity contribution in [2.24, 2.45) is 28.1 Å². The second kappa shape index (κ2) is 9.69. The Morgan fingerprint density at radius 1 is 1.03 bits per heavy atom. The van der Waals surface area contributed by atoms with Gasteiger partial charge in [-0.25, -0.2) is 0 Å². The van der Waals surface area contributed by atoms with E-state index in [4.69, 9.17) is 9.84 Å². The minimum absolute atomic E-state index is 0.0162. The highest BCUT2D eigenvalue weighted by molar-refractivity contribution is 5.77. The Labute approximate surface area is 208 Å². The Kier molecular flexibility index (Phi) is 7.74. The smallest absolute Gasteiger partial charge is 0.314 e. The van der Waals surface area contributed by atoms with Gasteiger partial charge in [0.05, 0.1) is 11.0 Å². The molecule has 0 aromatic rings. The molecule has 0 spiro atoms. The van der Waals surface area contributed by atoms with Gasteiger partial charge in [0.25, 0.3) is 6.29 Å². The third kappa shape index (κ3) is 4.87. The van der Waals surface area contributed by atoms with Crippen LogP contribution in [-0.2, 0) is 9.53 Å². The molecule has 0 bridgehead atoms. The lowest BCUT2D eigenvalue weighted by Crippen LogP contribution is -2.57. The van der Waals surface area contributed by atoms with Crippen molar-refractivity contribution in [2.75, 3.05) is 6.61 Å². The zero-order valence-electron chi connectivity index (χ0n) is 21.6. The van der Waals surface area contributed by atoms with Crippen LogP contribution in [0.1, 0.15) is 85.5 Å². The highest BCUT2D eigenvalue weighted by Gasteiger charge is 2.62. The van der Waals surface area contributed by atoms with E-state index < -0.39 is 47.5 Å². The molecule has 8 nitrogen and oxygen atoms in total. The van der Waals surface area contributed by atoms with Crippen LogP contribution in [-0.4, -0.2) is 61.2 Å². The van der Waals surface area contributed by atoms with E-state index in [0.717, 1.165) is 44.1 Å². The first-order valence-corrected chi connectivity index (χ1v) is 12.8. The third-order valence-corrected chi connectivity index (χ3v) is 9.82. The van der Waals surface area contributed by atoms with E-state index in [1.807, 2.05) is 13.8 Å². The fourth-order valence-electron chi connectivity index (χ4n) is 7.68. The van der Waals surface area contributed by atoms with E-state index in [2.05, 4.69) is 20.4 Å². The molecule has 3 aliphatic carbocycles. The van der Waals surface area contributed by atoms with Gasteiger partial charge in [0.1, 0.15) is 6.10 Å². The van der Waals surface area contributed by atoms with Gasteiger partial charge in [-0.15, -0.1) is 0 Å². The largest absolute Gasteiger partial charge is 0.506 e. The first kappa shape index (κ1) is 28.0. The molecule has 3 unspecified atom stereocenters. The maximum Gasteiger partial charge on any atom is 0.314 e. The lowest BCUT2D eigenvalue weighted by atomic mass is 9.42. The quantitative estimate of drug-likeness (QED) is 0.141. The Bertz CT molecular complexity index is 865. The van der Waals surface area contributed by atoms with Crippen molar-refractivity contribution < 1.29 is 40.2 Å². The molecule has 3 aliphatic rings. The molecule has 8 heteroatoms. The average molecular weight is 497 g/mol. The second-order valence-electron chi connectivity index (χ2n) is 12.2. The van der Waals surface area contributed by atoms with Crippen LogP contribution in [0.25, 0.3) is 0 Å². The Morgan fingerprint density at radius 3 is 2.29 bits per heavy atom. The molecule has 35 heavy (non-hydrogen) atoms. The molecule has 0 amide bonds. The Balaban J connectivity index is 1.86. The predicted molar refractivity (Wildman–Crippen MR) is 130 cm³/mol. The topological polar surface area (TPSA) is 148 Å². The van der Waals surface area contributed by atoms with Gasteiger partial charge >= 0.3 is 5.97 Å². The molecule has 0 aromatic heterocycles. The molecule has 3 rings (SSSR count). The second-order valence-corrected chi connectivity index (χ2v) is 12.2. The number of esters is 1. The van der Waals surface area contributed by atoms with E-state index >= 15 is 0 Å². The summed E-state index contributed by atoms with van der Waals surface area (Å²) in [6.07, 6.45) is 2.29. The van der Waals surface area contributed by atoms with Crippen LogP contribution in [0.2, 0.25) is 0 Å².